The average Bonchev–Trinajstić information content (AvgIpc) is 2.57. The summed E-state index contributed by atoms with van der Waals surface area (Å²) in [4.78, 5) is 12.5. The monoisotopic (exact) mass is 296 g/mol. The van der Waals surface area contributed by atoms with Gasteiger partial charge in [0.1, 0.15) is 4.88 Å². The Morgan fingerprint density at radius 1 is 1.31 bits per heavy atom. The Hall–Kier alpha value is -1.13. The van der Waals surface area contributed by atoms with Gasteiger partial charge >= 0.3 is 5.97 Å². The highest BCUT2D eigenvalue weighted by Crippen LogP contribution is 2.39. The van der Waals surface area contributed by atoms with Crippen molar-refractivity contribution in [2.75, 3.05) is 0 Å². The van der Waals surface area contributed by atoms with Gasteiger partial charge in [-0.25, -0.2) is 4.79 Å². The first-order valence-corrected chi connectivity index (χ1v) is 6.30. The van der Waals surface area contributed by atoms with E-state index in [-0.39, 0.29) is 0 Å². The Bertz CT molecular complexity index is 531. The van der Waals surface area contributed by atoms with E-state index < -0.39 is 5.97 Å². The molecule has 2 rings (SSSR count). The van der Waals surface area contributed by atoms with Crippen LogP contribution in [-0.2, 0) is 0 Å². The van der Waals surface area contributed by atoms with Gasteiger partial charge in [-0.15, -0.1) is 11.3 Å². The molecule has 82 valence electrons. The van der Waals surface area contributed by atoms with E-state index in [0.29, 0.717) is 4.88 Å². The maximum Gasteiger partial charge on any atom is 0.346 e. The molecule has 0 aliphatic heterocycles. The van der Waals surface area contributed by atoms with Crippen LogP contribution in [0, 0.1) is 6.92 Å². The molecule has 0 radical (unpaired) electrons. The third-order valence-electron chi connectivity index (χ3n) is 2.27. The van der Waals surface area contributed by atoms with Gasteiger partial charge in [0.05, 0.1) is 0 Å². The van der Waals surface area contributed by atoms with Crippen molar-refractivity contribution in [2.45, 2.75) is 6.92 Å². The highest BCUT2D eigenvalue weighted by Gasteiger charge is 2.19. The molecule has 2 nitrogen and oxygen atoms in total. The molecule has 4 heteroatoms. The Labute approximate surface area is 106 Å². The number of benzene rings is 1. The summed E-state index contributed by atoms with van der Waals surface area (Å²) in [6, 6.07) is 9.55. The first-order valence-electron chi connectivity index (χ1n) is 4.69. The molecule has 0 amide bonds. The minimum atomic E-state index is -0.877. The largest absolute Gasteiger partial charge is 0.477 e. The lowest BCUT2D eigenvalue weighted by Crippen LogP contribution is -1.94. The van der Waals surface area contributed by atoms with Crippen molar-refractivity contribution in [3.63, 3.8) is 0 Å². The number of carboxylic acids is 1. The molecule has 1 N–H and O–H groups in total. The summed E-state index contributed by atoms with van der Waals surface area (Å²) < 4.78 is 0.876. The summed E-state index contributed by atoms with van der Waals surface area (Å²) in [6.45, 7) is 1.91. The fraction of sp³-hybridized carbons (Fsp3) is 0.0833. The van der Waals surface area contributed by atoms with Gasteiger partial charge in [0.25, 0.3) is 0 Å². The number of thiophene rings is 1. The van der Waals surface area contributed by atoms with Crippen LogP contribution in [0.5, 0.6) is 0 Å². The molecule has 0 aliphatic rings. The molecule has 1 aromatic carbocycles. The number of carbonyl (C=O) groups is 1. The summed E-state index contributed by atoms with van der Waals surface area (Å²) in [7, 11) is 0. The SMILES string of the molecule is Cc1sc(C(=O)O)c(-c2ccccc2)c1Br. The first kappa shape index (κ1) is 11.4. The maximum atomic E-state index is 11.2. The molecule has 0 atom stereocenters. The van der Waals surface area contributed by atoms with Crippen molar-refractivity contribution < 1.29 is 9.90 Å². The number of hydrogen-bond donors (Lipinski definition) is 1. The van der Waals surface area contributed by atoms with E-state index in [1.807, 2.05) is 37.3 Å². The summed E-state index contributed by atoms with van der Waals surface area (Å²) in [5.74, 6) is -0.877. The van der Waals surface area contributed by atoms with Crippen LogP contribution in [0.15, 0.2) is 34.8 Å². The average molecular weight is 297 g/mol. The summed E-state index contributed by atoms with van der Waals surface area (Å²) in [6.07, 6.45) is 0. The van der Waals surface area contributed by atoms with Crippen molar-refractivity contribution in [2.24, 2.45) is 0 Å². The van der Waals surface area contributed by atoms with Crippen molar-refractivity contribution >= 4 is 33.2 Å². The molecule has 16 heavy (non-hydrogen) atoms. The highest BCUT2D eigenvalue weighted by molar-refractivity contribution is 9.10. The lowest BCUT2D eigenvalue weighted by atomic mass is 10.1. The normalized spacial score (nSPS) is 10.4. The number of aryl methyl sites for hydroxylation is 1. The van der Waals surface area contributed by atoms with Gasteiger partial charge in [0.15, 0.2) is 0 Å². The lowest BCUT2D eigenvalue weighted by Gasteiger charge is -2.01. The fourth-order valence-corrected chi connectivity index (χ4v) is 3.25. The maximum absolute atomic E-state index is 11.2. The van der Waals surface area contributed by atoms with Crippen LogP contribution >= 0.6 is 27.3 Å². The van der Waals surface area contributed by atoms with Crippen LogP contribution in [0.25, 0.3) is 11.1 Å². The second kappa shape index (κ2) is 4.39. The summed E-state index contributed by atoms with van der Waals surface area (Å²) in [5.41, 5.74) is 1.70. The molecule has 0 unspecified atom stereocenters. The predicted molar refractivity (Wildman–Crippen MR) is 69.2 cm³/mol. The lowest BCUT2D eigenvalue weighted by molar-refractivity contribution is 0.0703. The standard InChI is InChI=1S/C12H9BrO2S/c1-7-10(13)9(11(16-7)12(14)15)8-5-3-2-4-6-8/h2-6H,1H3,(H,14,15). The molecular formula is C12H9BrO2S. The molecule has 1 aromatic heterocycles. The van der Waals surface area contributed by atoms with Crippen LogP contribution in [0.4, 0.5) is 0 Å². The summed E-state index contributed by atoms with van der Waals surface area (Å²) in [5, 5.41) is 9.15. The fourth-order valence-electron chi connectivity index (χ4n) is 1.54. The molecule has 1 heterocycles. The molecule has 0 saturated heterocycles. The first-order chi connectivity index (χ1) is 7.61. The van der Waals surface area contributed by atoms with Crippen LogP contribution in [0.1, 0.15) is 14.5 Å². The second-order valence-corrected chi connectivity index (χ2v) is 5.37. The van der Waals surface area contributed by atoms with Gasteiger partial charge in [0.2, 0.25) is 0 Å². The van der Waals surface area contributed by atoms with Crippen LogP contribution in [0.3, 0.4) is 0 Å². The number of aromatic carboxylic acids is 1. The van der Waals surface area contributed by atoms with E-state index in [2.05, 4.69) is 15.9 Å². The Balaban J connectivity index is 2.68. The summed E-state index contributed by atoms with van der Waals surface area (Å²) >= 11 is 4.75. The Morgan fingerprint density at radius 3 is 2.50 bits per heavy atom. The van der Waals surface area contributed by atoms with Gasteiger partial charge in [0, 0.05) is 14.9 Å². The van der Waals surface area contributed by atoms with Crippen LogP contribution < -0.4 is 0 Å². The topological polar surface area (TPSA) is 37.3 Å². The van der Waals surface area contributed by atoms with Gasteiger partial charge in [-0.2, -0.15) is 0 Å². The molecule has 0 spiro atoms. The van der Waals surface area contributed by atoms with Gasteiger partial charge in [-0.1, -0.05) is 30.3 Å². The van der Waals surface area contributed by atoms with Crippen molar-refractivity contribution in [3.05, 3.63) is 44.6 Å². The zero-order valence-corrected chi connectivity index (χ0v) is 10.9. The highest BCUT2D eigenvalue weighted by atomic mass is 79.9. The van der Waals surface area contributed by atoms with E-state index in [1.54, 1.807) is 0 Å². The molecule has 2 aromatic rings. The zero-order valence-electron chi connectivity index (χ0n) is 8.53. The van der Waals surface area contributed by atoms with Crippen molar-refractivity contribution in [1.29, 1.82) is 0 Å². The zero-order chi connectivity index (χ0) is 11.7. The van der Waals surface area contributed by atoms with Crippen molar-refractivity contribution in [1.82, 2.24) is 0 Å². The van der Waals surface area contributed by atoms with E-state index in [1.165, 1.54) is 11.3 Å². The Morgan fingerprint density at radius 2 is 1.94 bits per heavy atom. The van der Waals surface area contributed by atoms with E-state index in [0.717, 1.165) is 20.5 Å². The Kier molecular flexibility index (Phi) is 3.12. The van der Waals surface area contributed by atoms with E-state index in [4.69, 9.17) is 5.11 Å². The minimum Gasteiger partial charge on any atom is -0.477 e. The number of halogens is 1. The molecular weight excluding hydrogens is 288 g/mol. The molecule has 0 aliphatic carbocycles. The third-order valence-corrected chi connectivity index (χ3v) is 4.61. The molecule has 0 bridgehead atoms. The smallest absolute Gasteiger partial charge is 0.346 e. The number of carboxylic acid groups (broad SMARTS) is 1. The van der Waals surface area contributed by atoms with E-state index in [9.17, 15) is 4.79 Å². The number of rotatable bonds is 2. The second-order valence-electron chi connectivity index (χ2n) is 3.35. The predicted octanol–water partition coefficient (Wildman–Crippen LogP) is 4.18. The van der Waals surface area contributed by atoms with Crippen LogP contribution in [0.2, 0.25) is 0 Å². The minimum absolute atomic E-state index is 0.385. The molecule has 0 fully saturated rings. The third kappa shape index (κ3) is 1.90. The van der Waals surface area contributed by atoms with Gasteiger partial charge in [-0.3, -0.25) is 0 Å². The van der Waals surface area contributed by atoms with Gasteiger partial charge in [-0.05, 0) is 28.4 Å². The van der Waals surface area contributed by atoms with Crippen molar-refractivity contribution in [3.8, 4) is 11.1 Å². The van der Waals surface area contributed by atoms with Crippen LogP contribution in [-0.4, -0.2) is 11.1 Å². The number of hydrogen-bond acceptors (Lipinski definition) is 2. The quantitative estimate of drug-likeness (QED) is 0.902. The van der Waals surface area contributed by atoms with Gasteiger partial charge < -0.3 is 5.11 Å². The van der Waals surface area contributed by atoms with E-state index >= 15 is 0 Å². The molecule has 0 saturated carbocycles.